The lowest BCUT2D eigenvalue weighted by atomic mass is 10.0. The third-order valence-corrected chi connectivity index (χ3v) is 3.26. The van der Waals surface area contributed by atoms with Crippen LogP contribution < -0.4 is 11.1 Å². The molecule has 0 aliphatic heterocycles. The normalized spacial score (nSPS) is 11.4. The lowest BCUT2D eigenvalue weighted by molar-refractivity contribution is -0.285. The van der Waals surface area contributed by atoms with Crippen LogP contribution in [0.2, 0.25) is 0 Å². The van der Waals surface area contributed by atoms with Crippen LogP contribution in [0.5, 0.6) is 0 Å². The van der Waals surface area contributed by atoms with E-state index in [4.69, 9.17) is 16.1 Å². The molecule has 5 N–H and O–H groups in total. The highest BCUT2D eigenvalue weighted by molar-refractivity contribution is 6.08. The van der Waals surface area contributed by atoms with Crippen molar-refractivity contribution < 1.29 is 24.8 Å². The lowest BCUT2D eigenvalue weighted by Gasteiger charge is -2.16. The molecule has 124 valence electrons. The molecule has 24 heavy (non-hydrogen) atoms. The van der Waals surface area contributed by atoms with Crippen LogP contribution in [0.4, 0.5) is 0 Å². The molecule has 2 aromatic carbocycles. The van der Waals surface area contributed by atoms with Crippen molar-refractivity contribution in [1.82, 2.24) is 10.5 Å². The molecule has 8 heteroatoms. The molecular weight excluding hydrogens is 314 g/mol. The van der Waals surface area contributed by atoms with E-state index in [0.717, 1.165) is 11.1 Å². The number of carbonyl (C=O) groups is 3. The first-order valence-electron chi connectivity index (χ1n) is 6.87. The molecule has 0 saturated heterocycles. The fraction of sp³-hybridized carbons (Fsp3) is 0.0625. The first kappa shape index (κ1) is 17.1. The van der Waals surface area contributed by atoms with E-state index in [2.05, 4.69) is 0 Å². The summed E-state index contributed by atoms with van der Waals surface area (Å²) in [5.41, 5.74) is 7.00. The van der Waals surface area contributed by atoms with E-state index in [9.17, 15) is 14.4 Å². The maximum Gasteiger partial charge on any atom is 0.304 e. The third-order valence-electron chi connectivity index (χ3n) is 3.26. The molecule has 0 fully saturated rings. The number of hydrogen-bond acceptors (Lipinski definition) is 5. The zero-order valence-electron chi connectivity index (χ0n) is 12.4. The van der Waals surface area contributed by atoms with Crippen molar-refractivity contribution in [2.75, 3.05) is 0 Å². The number of hydroxylamine groups is 2. The smallest absolute Gasteiger partial charge is 0.304 e. The minimum atomic E-state index is -1.89. The molecular formula is C16H15N3O5. The van der Waals surface area contributed by atoms with Gasteiger partial charge in [0.1, 0.15) is 0 Å². The van der Waals surface area contributed by atoms with Crippen LogP contribution in [0, 0.1) is 0 Å². The number of nitrogens with two attached hydrogens (primary N) is 1. The van der Waals surface area contributed by atoms with E-state index < -0.39 is 29.0 Å². The Kier molecular flexibility index (Phi) is 5.25. The first-order valence-corrected chi connectivity index (χ1v) is 6.87. The second-order valence-electron chi connectivity index (χ2n) is 4.88. The minimum absolute atomic E-state index is 0.177. The summed E-state index contributed by atoms with van der Waals surface area (Å²) in [5, 5.41) is 18.6. The summed E-state index contributed by atoms with van der Waals surface area (Å²) in [7, 11) is 0. The van der Waals surface area contributed by atoms with Gasteiger partial charge in [0, 0.05) is 5.56 Å². The Balaban J connectivity index is 2.15. The lowest BCUT2D eigenvalue weighted by Crippen LogP contribution is -2.53. The second-order valence-corrected chi connectivity index (χ2v) is 4.88. The first-order chi connectivity index (χ1) is 11.4. The second kappa shape index (κ2) is 7.36. The van der Waals surface area contributed by atoms with Crippen molar-refractivity contribution in [3.05, 3.63) is 60.2 Å². The summed E-state index contributed by atoms with van der Waals surface area (Å²) >= 11 is 0. The van der Waals surface area contributed by atoms with Gasteiger partial charge in [-0.2, -0.15) is 0 Å². The minimum Gasteiger partial charge on any atom is -0.367 e. The van der Waals surface area contributed by atoms with Crippen molar-refractivity contribution in [2.45, 2.75) is 6.04 Å². The predicted octanol–water partition coefficient (Wildman–Crippen LogP) is 0.544. The largest absolute Gasteiger partial charge is 0.367 e. The Morgan fingerprint density at radius 3 is 1.96 bits per heavy atom. The molecule has 0 aliphatic carbocycles. The van der Waals surface area contributed by atoms with E-state index in [1.54, 1.807) is 12.1 Å². The maximum atomic E-state index is 12.1. The fourth-order valence-corrected chi connectivity index (χ4v) is 2.03. The maximum absolute atomic E-state index is 12.1. The van der Waals surface area contributed by atoms with Crippen LogP contribution in [0.25, 0.3) is 11.1 Å². The number of nitrogens with zero attached hydrogens (tertiary/aromatic N) is 1. The Hall–Kier alpha value is -3.23. The van der Waals surface area contributed by atoms with Gasteiger partial charge in [-0.1, -0.05) is 47.7 Å². The molecule has 0 heterocycles. The standard InChI is InChI=1S/C16H15N3O5/c17-14(20)13(16(22)19(23)24)18-15(21)12-8-6-11(7-9-12)10-4-2-1-3-5-10/h1-9,13,23-24H,(H2,17,20)(H,18,21). The van der Waals surface area contributed by atoms with E-state index in [1.165, 1.54) is 12.1 Å². The molecule has 0 aromatic heterocycles. The van der Waals surface area contributed by atoms with E-state index in [0.29, 0.717) is 0 Å². The van der Waals surface area contributed by atoms with E-state index in [-0.39, 0.29) is 5.56 Å². The van der Waals surface area contributed by atoms with Gasteiger partial charge < -0.3 is 11.1 Å². The van der Waals surface area contributed by atoms with Crippen LogP contribution in [0.15, 0.2) is 54.6 Å². The summed E-state index contributed by atoms with van der Waals surface area (Å²) in [5.74, 6) is -3.44. The zero-order chi connectivity index (χ0) is 17.7. The number of hydrogen-bond donors (Lipinski definition) is 4. The van der Waals surface area contributed by atoms with E-state index >= 15 is 0 Å². The van der Waals surface area contributed by atoms with Crippen LogP contribution in [-0.2, 0) is 9.59 Å². The number of rotatable bonds is 5. The monoisotopic (exact) mass is 329 g/mol. The number of amides is 3. The Morgan fingerprint density at radius 2 is 1.46 bits per heavy atom. The number of benzene rings is 2. The molecule has 8 nitrogen and oxygen atoms in total. The molecule has 2 rings (SSSR count). The summed E-state index contributed by atoms with van der Waals surface area (Å²) in [6.45, 7) is 0. The van der Waals surface area contributed by atoms with Gasteiger partial charge in [0.05, 0.1) is 0 Å². The highest BCUT2D eigenvalue weighted by Gasteiger charge is 2.30. The van der Waals surface area contributed by atoms with Gasteiger partial charge in [0.15, 0.2) is 6.04 Å². The molecule has 0 saturated carbocycles. The Bertz CT molecular complexity index is 744. The topological polar surface area (TPSA) is 133 Å². The highest BCUT2D eigenvalue weighted by Crippen LogP contribution is 2.19. The van der Waals surface area contributed by atoms with Crippen LogP contribution in [0.1, 0.15) is 10.4 Å². The summed E-state index contributed by atoms with van der Waals surface area (Å²) < 4.78 is 0. The van der Waals surface area contributed by atoms with Gasteiger partial charge in [-0.3, -0.25) is 24.8 Å². The molecule has 0 bridgehead atoms. The van der Waals surface area contributed by atoms with Crippen molar-refractivity contribution in [1.29, 1.82) is 0 Å². The zero-order valence-corrected chi connectivity index (χ0v) is 12.4. The Morgan fingerprint density at radius 1 is 0.917 bits per heavy atom. The van der Waals surface area contributed by atoms with Gasteiger partial charge in [0.2, 0.25) is 5.91 Å². The molecule has 1 unspecified atom stereocenters. The predicted molar refractivity (Wildman–Crippen MR) is 82.7 cm³/mol. The van der Waals surface area contributed by atoms with Gasteiger partial charge in [-0.05, 0) is 23.3 Å². The SMILES string of the molecule is NC(=O)C(NC(=O)c1ccc(-c2ccccc2)cc1)C(=O)N(O)O. The van der Waals surface area contributed by atoms with Gasteiger partial charge >= 0.3 is 5.91 Å². The summed E-state index contributed by atoms with van der Waals surface area (Å²) in [6, 6.07) is 14.0. The number of nitrogens with one attached hydrogen (secondary N) is 1. The van der Waals surface area contributed by atoms with Gasteiger partial charge in [0.25, 0.3) is 5.91 Å². The van der Waals surface area contributed by atoms with E-state index in [1.807, 2.05) is 35.6 Å². The third kappa shape index (κ3) is 3.94. The average molecular weight is 329 g/mol. The quantitative estimate of drug-likeness (QED) is 0.361. The molecule has 0 spiro atoms. The molecule has 1 atom stereocenters. The van der Waals surface area contributed by atoms with Crippen LogP contribution in [-0.4, -0.2) is 39.4 Å². The average Bonchev–Trinajstić information content (AvgIpc) is 2.59. The number of primary amides is 1. The van der Waals surface area contributed by atoms with Crippen molar-refractivity contribution in [3.8, 4) is 11.1 Å². The fourth-order valence-electron chi connectivity index (χ4n) is 2.03. The molecule has 3 amide bonds. The Labute approximate surface area is 137 Å². The number of carbonyl (C=O) groups excluding carboxylic acids is 3. The highest BCUT2D eigenvalue weighted by atomic mass is 16.8. The van der Waals surface area contributed by atoms with Gasteiger partial charge in [-0.25, -0.2) is 0 Å². The van der Waals surface area contributed by atoms with Crippen molar-refractivity contribution in [2.24, 2.45) is 5.73 Å². The van der Waals surface area contributed by atoms with Crippen LogP contribution >= 0.6 is 0 Å². The summed E-state index contributed by atoms with van der Waals surface area (Å²) in [6.07, 6.45) is 0. The van der Waals surface area contributed by atoms with Crippen LogP contribution in [0.3, 0.4) is 0 Å². The van der Waals surface area contributed by atoms with Crippen molar-refractivity contribution >= 4 is 17.7 Å². The molecule has 0 radical (unpaired) electrons. The summed E-state index contributed by atoms with van der Waals surface area (Å²) in [4.78, 5) is 34.7. The molecule has 2 aromatic rings. The molecule has 0 aliphatic rings. The van der Waals surface area contributed by atoms with Crippen molar-refractivity contribution in [3.63, 3.8) is 0 Å². The van der Waals surface area contributed by atoms with Gasteiger partial charge in [-0.15, -0.1) is 0 Å².